The van der Waals surface area contributed by atoms with E-state index in [1.807, 2.05) is 0 Å². The molecular weight excluding hydrogens is 240 g/mol. The molecule has 18 heavy (non-hydrogen) atoms. The lowest BCUT2D eigenvalue weighted by Crippen LogP contribution is -2.39. The van der Waals surface area contributed by atoms with Gasteiger partial charge in [-0.3, -0.25) is 4.79 Å². The third kappa shape index (κ3) is 2.69. The van der Waals surface area contributed by atoms with Crippen LogP contribution in [0.2, 0.25) is 0 Å². The lowest BCUT2D eigenvalue weighted by molar-refractivity contribution is -0.121. The number of hydrogen-bond acceptors (Lipinski definition) is 3. The minimum atomic E-state index is -1.07. The van der Waals surface area contributed by atoms with E-state index in [-0.39, 0.29) is 23.3 Å². The first-order valence-electron chi connectivity index (χ1n) is 5.79. The van der Waals surface area contributed by atoms with Crippen LogP contribution in [0.4, 0.5) is 20.2 Å². The molecule has 1 aromatic carbocycles. The van der Waals surface area contributed by atoms with E-state index in [1.54, 1.807) is 6.92 Å². The number of rotatable bonds is 4. The van der Waals surface area contributed by atoms with Crippen LogP contribution in [-0.4, -0.2) is 18.0 Å². The van der Waals surface area contributed by atoms with Crippen LogP contribution < -0.4 is 16.4 Å². The molecule has 0 saturated heterocycles. The largest absolute Gasteiger partial charge is 0.397 e. The third-order valence-electron chi connectivity index (χ3n) is 2.80. The number of nitrogens with two attached hydrogens (primary N) is 1. The van der Waals surface area contributed by atoms with Crippen LogP contribution in [0.15, 0.2) is 12.1 Å². The zero-order chi connectivity index (χ0) is 13.3. The summed E-state index contributed by atoms with van der Waals surface area (Å²) >= 11 is 0. The molecule has 4 nitrogen and oxygen atoms in total. The van der Waals surface area contributed by atoms with Gasteiger partial charge in [0.15, 0.2) is 11.6 Å². The first-order valence-corrected chi connectivity index (χ1v) is 5.79. The molecule has 0 aliphatic heterocycles. The highest BCUT2D eigenvalue weighted by molar-refractivity contribution is 5.86. The van der Waals surface area contributed by atoms with Crippen LogP contribution in [-0.2, 0) is 4.79 Å². The lowest BCUT2D eigenvalue weighted by atomic mass is 10.2. The van der Waals surface area contributed by atoms with Crippen molar-refractivity contribution in [3.63, 3.8) is 0 Å². The second-order valence-electron chi connectivity index (χ2n) is 4.47. The summed E-state index contributed by atoms with van der Waals surface area (Å²) in [7, 11) is 0. The molecule has 1 aliphatic rings. The molecule has 1 unspecified atom stereocenters. The topological polar surface area (TPSA) is 67.1 Å². The van der Waals surface area contributed by atoms with Crippen LogP contribution in [0.25, 0.3) is 0 Å². The highest BCUT2D eigenvalue weighted by Crippen LogP contribution is 2.25. The fraction of sp³-hybridized carbons (Fsp3) is 0.417. The SMILES string of the molecule is CC(Nc1c(N)ccc(F)c1F)C(=O)NC1CC1. The summed E-state index contributed by atoms with van der Waals surface area (Å²) in [6, 6.07) is 1.75. The molecule has 0 bridgehead atoms. The van der Waals surface area contributed by atoms with E-state index in [1.165, 1.54) is 6.07 Å². The summed E-state index contributed by atoms with van der Waals surface area (Å²) in [4.78, 5) is 11.7. The van der Waals surface area contributed by atoms with Crippen molar-refractivity contribution < 1.29 is 13.6 Å². The number of carbonyl (C=O) groups excluding carboxylic acids is 1. The number of halogens is 2. The predicted molar refractivity (Wildman–Crippen MR) is 65.0 cm³/mol. The number of amides is 1. The quantitative estimate of drug-likeness (QED) is 0.716. The van der Waals surface area contributed by atoms with Crippen LogP contribution in [0.3, 0.4) is 0 Å². The van der Waals surface area contributed by atoms with Gasteiger partial charge in [0.2, 0.25) is 5.91 Å². The van der Waals surface area contributed by atoms with Crippen molar-refractivity contribution in [2.45, 2.75) is 31.8 Å². The van der Waals surface area contributed by atoms with Gasteiger partial charge in [-0.1, -0.05) is 0 Å². The second kappa shape index (κ2) is 4.80. The molecule has 0 aromatic heterocycles. The molecule has 0 spiro atoms. The minimum Gasteiger partial charge on any atom is -0.397 e. The van der Waals surface area contributed by atoms with Crippen molar-refractivity contribution in [3.8, 4) is 0 Å². The number of anilines is 2. The molecule has 1 atom stereocenters. The summed E-state index contributed by atoms with van der Waals surface area (Å²) in [5, 5.41) is 5.37. The minimum absolute atomic E-state index is 0.0694. The summed E-state index contributed by atoms with van der Waals surface area (Å²) in [6.45, 7) is 1.57. The third-order valence-corrected chi connectivity index (χ3v) is 2.80. The standard InChI is InChI=1S/C12H15F2N3O/c1-6(12(18)17-7-2-3-7)16-11-9(15)5-4-8(13)10(11)14/h4-7,16H,2-3,15H2,1H3,(H,17,18). The molecule has 2 rings (SSSR count). The van der Waals surface area contributed by atoms with Crippen molar-refractivity contribution in [1.82, 2.24) is 5.32 Å². The Kier molecular flexibility index (Phi) is 3.36. The van der Waals surface area contributed by atoms with Gasteiger partial charge < -0.3 is 16.4 Å². The Balaban J connectivity index is 2.08. The zero-order valence-electron chi connectivity index (χ0n) is 9.97. The number of hydrogen-bond donors (Lipinski definition) is 3. The smallest absolute Gasteiger partial charge is 0.242 e. The van der Waals surface area contributed by atoms with Crippen LogP contribution in [0, 0.1) is 11.6 Å². The van der Waals surface area contributed by atoms with E-state index in [2.05, 4.69) is 10.6 Å². The van der Waals surface area contributed by atoms with Crippen LogP contribution in [0.5, 0.6) is 0 Å². The van der Waals surface area contributed by atoms with Gasteiger partial charge in [0.25, 0.3) is 0 Å². The van der Waals surface area contributed by atoms with Gasteiger partial charge in [-0.05, 0) is 31.9 Å². The van der Waals surface area contributed by atoms with Gasteiger partial charge in [-0.25, -0.2) is 8.78 Å². The Hall–Kier alpha value is -1.85. The van der Waals surface area contributed by atoms with Crippen LogP contribution in [0.1, 0.15) is 19.8 Å². The summed E-state index contributed by atoms with van der Waals surface area (Å²) in [5.74, 6) is -2.32. The summed E-state index contributed by atoms with van der Waals surface area (Å²) in [6.07, 6.45) is 1.93. The van der Waals surface area contributed by atoms with Gasteiger partial charge in [0, 0.05) is 6.04 Å². The van der Waals surface area contributed by atoms with Gasteiger partial charge in [-0.15, -0.1) is 0 Å². The van der Waals surface area contributed by atoms with Crippen molar-refractivity contribution in [2.75, 3.05) is 11.1 Å². The van der Waals surface area contributed by atoms with E-state index in [0.29, 0.717) is 0 Å². The van der Waals surface area contributed by atoms with Crippen molar-refractivity contribution in [3.05, 3.63) is 23.8 Å². The molecule has 98 valence electrons. The average molecular weight is 255 g/mol. The first kappa shape index (κ1) is 12.6. The average Bonchev–Trinajstić information content (AvgIpc) is 3.13. The maximum Gasteiger partial charge on any atom is 0.242 e. The van der Waals surface area contributed by atoms with E-state index in [4.69, 9.17) is 5.73 Å². The van der Waals surface area contributed by atoms with Gasteiger partial charge in [0.05, 0.1) is 11.4 Å². The molecule has 6 heteroatoms. The van der Waals surface area contributed by atoms with E-state index in [9.17, 15) is 13.6 Å². The van der Waals surface area contributed by atoms with E-state index in [0.717, 1.165) is 18.9 Å². The van der Waals surface area contributed by atoms with Crippen molar-refractivity contribution in [2.24, 2.45) is 0 Å². The Morgan fingerprint density at radius 1 is 1.44 bits per heavy atom. The second-order valence-corrected chi connectivity index (χ2v) is 4.47. The van der Waals surface area contributed by atoms with Crippen molar-refractivity contribution >= 4 is 17.3 Å². The molecule has 1 aromatic rings. The molecule has 0 radical (unpaired) electrons. The van der Waals surface area contributed by atoms with E-state index < -0.39 is 17.7 Å². The van der Waals surface area contributed by atoms with Gasteiger partial charge in [-0.2, -0.15) is 0 Å². The predicted octanol–water partition coefficient (Wildman–Crippen LogP) is 1.63. The molecule has 1 saturated carbocycles. The maximum absolute atomic E-state index is 13.5. The Bertz CT molecular complexity index is 475. The number of benzene rings is 1. The van der Waals surface area contributed by atoms with Gasteiger partial charge >= 0.3 is 0 Å². The molecule has 0 heterocycles. The first-order chi connectivity index (χ1) is 8.49. The highest BCUT2D eigenvalue weighted by Gasteiger charge is 2.26. The molecule has 1 aliphatic carbocycles. The number of nitrogens with one attached hydrogen (secondary N) is 2. The normalized spacial score (nSPS) is 16.2. The highest BCUT2D eigenvalue weighted by atomic mass is 19.2. The zero-order valence-corrected chi connectivity index (χ0v) is 9.97. The molecular formula is C12H15F2N3O. The number of nitrogen functional groups attached to an aromatic ring is 1. The van der Waals surface area contributed by atoms with Gasteiger partial charge in [0.1, 0.15) is 6.04 Å². The molecule has 1 fully saturated rings. The van der Waals surface area contributed by atoms with Crippen LogP contribution >= 0.6 is 0 Å². The molecule has 1 amide bonds. The maximum atomic E-state index is 13.5. The lowest BCUT2D eigenvalue weighted by Gasteiger charge is -2.17. The Morgan fingerprint density at radius 2 is 2.11 bits per heavy atom. The summed E-state index contributed by atoms with van der Waals surface area (Å²) in [5.41, 5.74) is 5.45. The number of carbonyl (C=O) groups is 1. The summed E-state index contributed by atoms with van der Waals surface area (Å²) < 4.78 is 26.6. The monoisotopic (exact) mass is 255 g/mol. The fourth-order valence-electron chi connectivity index (χ4n) is 1.55. The Labute approximate surface area is 104 Å². The molecule has 4 N–H and O–H groups in total. The van der Waals surface area contributed by atoms with Crippen molar-refractivity contribution in [1.29, 1.82) is 0 Å². The fourth-order valence-corrected chi connectivity index (χ4v) is 1.55. The van der Waals surface area contributed by atoms with E-state index >= 15 is 0 Å². The Morgan fingerprint density at radius 3 is 2.72 bits per heavy atom.